The number of hydrogen-bond donors (Lipinski definition) is 0. The molecule has 0 saturated heterocycles. The standard InChI is InChI=1S/C21H21FN2O2/c1-25-18-9-5-16(6-10-18)14-24(21-20(22)4-3-13-23-21)15-17-7-11-19(26-2)12-8-17/h3-13H,14-15H2,1-2H3. The van der Waals surface area contributed by atoms with E-state index in [0.29, 0.717) is 18.9 Å². The van der Waals surface area contributed by atoms with E-state index < -0.39 is 0 Å². The molecule has 0 aliphatic heterocycles. The number of anilines is 1. The highest BCUT2D eigenvalue weighted by molar-refractivity contribution is 5.43. The van der Waals surface area contributed by atoms with Crippen LogP contribution in [0.25, 0.3) is 0 Å². The van der Waals surface area contributed by atoms with Crippen LogP contribution < -0.4 is 14.4 Å². The van der Waals surface area contributed by atoms with Crippen molar-refractivity contribution in [3.8, 4) is 11.5 Å². The van der Waals surface area contributed by atoms with Crippen molar-refractivity contribution in [2.45, 2.75) is 13.1 Å². The van der Waals surface area contributed by atoms with Crippen LogP contribution in [0.15, 0.2) is 66.9 Å². The molecule has 26 heavy (non-hydrogen) atoms. The highest BCUT2D eigenvalue weighted by atomic mass is 19.1. The van der Waals surface area contributed by atoms with E-state index in [2.05, 4.69) is 4.98 Å². The van der Waals surface area contributed by atoms with Crippen molar-refractivity contribution in [3.63, 3.8) is 0 Å². The van der Waals surface area contributed by atoms with Gasteiger partial charge in [0.05, 0.1) is 14.2 Å². The Labute approximate surface area is 152 Å². The van der Waals surface area contributed by atoms with Gasteiger partial charge in [0.15, 0.2) is 11.6 Å². The van der Waals surface area contributed by atoms with Crippen LogP contribution in [-0.4, -0.2) is 19.2 Å². The Morgan fingerprint density at radius 1 is 0.808 bits per heavy atom. The fourth-order valence-electron chi connectivity index (χ4n) is 2.72. The third-order valence-corrected chi connectivity index (χ3v) is 4.10. The molecule has 0 fully saturated rings. The van der Waals surface area contributed by atoms with Crippen molar-refractivity contribution in [1.82, 2.24) is 4.98 Å². The van der Waals surface area contributed by atoms with Gasteiger partial charge in [0.1, 0.15) is 11.5 Å². The summed E-state index contributed by atoms with van der Waals surface area (Å²) in [7, 11) is 3.27. The van der Waals surface area contributed by atoms with E-state index in [0.717, 1.165) is 22.6 Å². The average molecular weight is 352 g/mol. The summed E-state index contributed by atoms with van der Waals surface area (Å²) in [6.45, 7) is 1.06. The number of benzene rings is 2. The normalized spacial score (nSPS) is 10.4. The molecule has 1 heterocycles. The molecule has 0 atom stereocenters. The van der Waals surface area contributed by atoms with Crippen LogP contribution >= 0.6 is 0 Å². The number of halogens is 1. The van der Waals surface area contributed by atoms with Crippen molar-refractivity contribution in [1.29, 1.82) is 0 Å². The van der Waals surface area contributed by atoms with Gasteiger partial charge in [-0.2, -0.15) is 0 Å². The fraction of sp³-hybridized carbons (Fsp3) is 0.190. The Morgan fingerprint density at radius 2 is 1.31 bits per heavy atom. The zero-order chi connectivity index (χ0) is 18.4. The molecule has 3 rings (SSSR count). The number of methoxy groups -OCH3 is 2. The number of hydrogen-bond acceptors (Lipinski definition) is 4. The average Bonchev–Trinajstić information content (AvgIpc) is 2.69. The maximum atomic E-state index is 14.3. The van der Waals surface area contributed by atoms with Crippen LogP contribution in [0.1, 0.15) is 11.1 Å². The van der Waals surface area contributed by atoms with Crippen LogP contribution in [0.2, 0.25) is 0 Å². The number of nitrogens with zero attached hydrogens (tertiary/aromatic N) is 2. The first-order valence-electron chi connectivity index (χ1n) is 8.31. The zero-order valence-corrected chi connectivity index (χ0v) is 14.9. The first-order valence-corrected chi connectivity index (χ1v) is 8.31. The molecule has 0 unspecified atom stereocenters. The summed E-state index contributed by atoms with van der Waals surface area (Å²) in [6, 6.07) is 18.5. The number of ether oxygens (including phenoxy) is 2. The van der Waals surface area contributed by atoms with E-state index in [9.17, 15) is 4.39 Å². The van der Waals surface area contributed by atoms with E-state index in [1.807, 2.05) is 53.4 Å². The van der Waals surface area contributed by atoms with Gasteiger partial charge in [-0.25, -0.2) is 9.37 Å². The summed E-state index contributed by atoms with van der Waals surface area (Å²) in [5, 5.41) is 0. The summed E-state index contributed by atoms with van der Waals surface area (Å²) in [5.41, 5.74) is 2.09. The molecule has 4 nitrogen and oxygen atoms in total. The zero-order valence-electron chi connectivity index (χ0n) is 14.9. The first kappa shape index (κ1) is 17.7. The second-order valence-corrected chi connectivity index (χ2v) is 5.86. The van der Waals surface area contributed by atoms with Gasteiger partial charge in [0, 0.05) is 19.3 Å². The monoisotopic (exact) mass is 352 g/mol. The molecule has 0 bridgehead atoms. The Balaban J connectivity index is 1.86. The summed E-state index contributed by atoms with van der Waals surface area (Å²) in [5.74, 6) is 1.58. The van der Waals surface area contributed by atoms with Gasteiger partial charge < -0.3 is 14.4 Å². The number of aromatic nitrogens is 1. The topological polar surface area (TPSA) is 34.6 Å². The molecule has 134 valence electrons. The van der Waals surface area contributed by atoms with Gasteiger partial charge in [0.25, 0.3) is 0 Å². The van der Waals surface area contributed by atoms with Gasteiger partial charge in [-0.3, -0.25) is 0 Å². The first-order chi connectivity index (χ1) is 12.7. The van der Waals surface area contributed by atoms with Crippen molar-refractivity contribution >= 4 is 5.82 Å². The minimum atomic E-state index is -0.338. The summed E-state index contributed by atoms with van der Waals surface area (Å²) < 4.78 is 24.7. The lowest BCUT2D eigenvalue weighted by atomic mass is 10.1. The van der Waals surface area contributed by atoms with Crippen LogP contribution in [0.3, 0.4) is 0 Å². The molecule has 0 radical (unpaired) electrons. The molecule has 0 N–H and O–H groups in total. The third kappa shape index (κ3) is 4.30. The van der Waals surface area contributed by atoms with Crippen molar-refractivity contribution in [2.75, 3.05) is 19.1 Å². The van der Waals surface area contributed by atoms with E-state index >= 15 is 0 Å². The maximum absolute atomic E-state index is 14.3. The summed E-state index contributed by atoms with van der Waals surface area (Å²) in [4.78, 5) is 6.16. The number of pyridine rings is 1. The van der Waals surface area contributed by atoms with Gasteiger partial charge >= 0.3 is 0 Å². The minimum Gasteiger partial charge on any atom is -0.497 e. The molecular weight excluding hydrogens is 331 g/mol. The summed E-state index contributed by atoms with van der Waals surface area (Å²) in [6.07, 6.45) is 1.60. The molecule has 0 aliphatic carbocycles. The summed E-state index contributed by atoms with van der Waals surface area (Å²) >= 11 is 0. The lowest BCUT2D eigenvalue weighted by Gasteiger charge is -2.24. The van der Waals surface area contributed by atoms with E-state index in [1.165, 1.54) is 6.07 Å². The van der Waals surface area contributed by atoms with Gasteiger partial charge in [-0.15, -0.1) is 0 Å². The predicted molar refractivity (Wildman–Crippen MR) is 100 cm³/mol. The van der Waals surface area contributed by atoms with Crippen LogP contribution in [0.4, 0.5) is 10.2 Å². The largest absolute Gasteiger partial charge is 0.497 e. The van der Waals surface area contributed by atoms with Crippen molar-refractivity contribution in [3.05, 3.63) is 83.8 Å². The second kappa shape index (κ2) is 8.34. The molecule has 2 aromatic carbocycles. The Bertz CT molecular complexity index is 786. The molecule has 0 spiro atoms. The van der Waals surface area contributed by atoms with Crippen molar-refractivity contribution < 1.29 is 13.9 Å². The quantitative estimate of drug-likeness (QED) is 0.629. The minimum absolute atomic E-state index is 0.333. The lowest BCUT2D eigenvalue weighted by Crippen LogP contribution is -2.24. The van der Waals surface area contributed by atoms with Crippen LogP contribution in [0.5, 0.6) is 11.5 Å². The number of rotatable bonds is 7. The van der Waals surface area contributed by atoms with Gasteiger partial charge in [-0.1, -0.05) is 24.3 Å². The lowest BCUT2D eigenvalue weighted by molar-refractivity contribution is 0.414. The second-order valence-electron chi connectivity index (χ2n) is 5.86. The van der Waals surface area contributed by atoms with Crippen molar-refractivity contribution in [2.24, 2.45) is 0 Å². The molecule has 5 heteroatoms. The third-order valence-electron chi connectivity index (χ3n) is 4.10. The molecule has 1 aromatic heterocycles. The van der Waals surface area contributed by atoms with Crippen LogP contribution in [-0.2, 0) is 13.1 Å². The SMILES string of the molecule is COc1ccc(CN(Cc2ccc(OC)cc2)c2ncccc2F)cc1. The molecule has 0 aliphatic rings. The van der Waals surface area contributed by atoms with E-state index in [1.54, 1.807) is 26.5 Å². The van der Waals surface area contributed by atoms with Gasteiger partial charge in [-0.05, 0) is 47.5 Å². The highest BCUT2D eigenvalue weighted by Crippen LogP contribution is 2.23. The highest BCUT2D eigenvalue weighted by Gasteiger charge is 2.14. The Morgan fingerprint density at radius 3 is 1.73 bits per heavy atom. The fourth-order valence-corrected chi connectivity index (χ4v) is 2.72. The van der Waals surface area contributed by atoms with E-state index in [-0.39, 0.29) is 5.82 Å². The van der Waals surface area contributed by atoms with Crippen LogP contribution in [0, 0.1) is 5.82 Å². The Kier molecular flexibility index (Phi) is 5.69. The molecule has 3 aromatic rings. The van der Waals surface area contributed by atoms with E-state index in [4.69, 9.17) is 9.47 Å². The maximum Gasteiger partial charge on any atom is 0.165 e. The smallest absolute Gasteiger partial charge is 0.165 e. The predicted octanol–water partition coefficient (Wildman–Crippen LogP) is 4.44. The Hall–Kier alpha value is -3.08. The molecule has 0 amide bonds. The molecular formula is C21H21FN2O2. The van der Waals surface area contributed by atoms with Gasteiger partial charge in [0.2, 0.25) is 0 Å². The molecule has 0 saturated carbocycles.